The molecule has 3 atom stereocenters. The van der Waals surface area contributed by atoms with E-state index in [4.69, 9.17) is 4.74 Å². The van der Waals surface area contributed by atoms with Crippen LogP contribution >= 0.6 is 23.5 Å². The number of nitrogens with zero attached hydrogens (tertiary/aromatic N) is 1. The smallest absolute Gasteiger partial charge is 0.112 e. The first kappa shape index (κ1) is 16.5. The number of ether oxygens (including phenoxy) is 1. The minimum atomic E-state index is 0.131. The minimum absolute atomic E-state index is 0.131. The molecule has 4 rings (SSSR count). The Morgan fingerprint density at radius 1 is 0.875 bits per heavy atom. The van der Waals surface area contributed by atoms with Gasteiger partial charge in [-0.1, -0.05) is 24.3 Å². The third kappa shape index (κ3) is 3.01. The van der Waals surface area contributed by atoms with E-state index in [0.29, 0.717) is 6.04 Å². The van der Waals surface area contributed by atoms with Gasteiger partial charge in [0.05, 0.1) is 6.04 Å². The molecule has 0 amide bonds. The molecule has 4 heteroatoms. The predicted molar refractivity (Wildman–Crippen MR) is 103 cm³/mol. The van der Waals surface area contributed by atoms with Gasteiger partial charge in [0.2, 0.25) is 0 Å². The SMILES string of the molecule is CSc1ccc([C@H]2OC3CCCN3[C@@H]2c2ccc(SC)cc2)cc1. The van der Waals surface area contributed by atoms with Crippen molar-refractivity contribution in [2.45, 2.75) is 41.0 Å². The molecule has 2 saturated heterocycles. The van der Waals surface area contributed by atoms with Crippen LogP contribution in [0.15, 0.2) is 58.3 Å². The highest BCUT2D eigenvalue weighted by Gasteiger charge is 2.45. The van der Waals surface area contributed by atoms with Crippen LogP contribution in [0.25, 0.3) is 0 Å². The minimum Gasteiger partial charge on any atom is -0.353 e. The molecule has 0 radical (unpaired) electrons. The first-order chi connectivity index (χ1) is 11.8. The molecule has 24 heavy (non-hydrogen) atoms. The fraction of sp³-hybridized carbons (Fsp3) is 0.400. The van der Waals surface area contributed by atoms with E-state index in [-0.39, 0.29) is 12.3 Å². The number of rotatable bonds is 4. The topological polar surface area (TPSA) is 12.5 Å². The highest BCUT2D eigenvalue weighted by Crippen LogP contribution is 2.48. The van der Waals surface area contributed by atoms with E-state index in [0.717, 1.165) is 13.0 Å². The molecule has 0 aliphatic carbocycles. The largest absolute Gasteiger partial charge is 0.353 e. The van der Waals surface area contributed by atoms with Crippen LogP contribution in [0.2, 0.25) is 0 Å². The highest BCUT2D eigenvalue weighted by molar-refractivity contribution is 7.98. The lowest BCUT2D eigenvalue weighted by Gasteiger charge is -2.25. The van der Waals surface area contributed by atoms with Gasteiger partial charge in [-0.25, -0.2) is 0 Å². The summed E-state index contributed by atoms with van der Waals surface area (Å²) in [4.78, 5) is 5.18. The summed E-state index contributed by atoms with van der Waals surface area (Å²) in [6.07, 6.45) is 7.04. The Kier molecular flexibility index (Phi) is 4.90. The molecule has 126 valence electrons. The second-order valence-corrected chi connectivity index (χ2v) is 8.14. The molecule has 2 aromatic carbocycles. The predicted octanol–water partition coefficient (Wildman–Crippen LogP) is 5.36. The maximum atomic E-state index is 6.48. The van der Waals surface area contributed by atoms with Crippen LogP contribution in [0.4, 0.5) is 0 Å². The van der Waals surface area contributed by atoms with Crippen LogP contribution in [0.1, 0.15) is 36.1 Å². The van der Waals surface area contributed by atoms with Gasteiger partial charge in [0.25, 0.3) is 0 Å². The van der Waals surface area contributed by atoms with Crippen LogP contribution in [-0.4, -0.2) is 30.2 Å². The van der Waals surface area contributed by atoms with Crippen LogP contribution in [-0.2, 0) is 4.74 Å². The van der Waals surface area contributed by atoms with Crippen molar-refractivity contribution in [2.24, 2.45) is 0 Å². The average molecular weight is 358 g/mol. The molecule has 2 fully saturated rings. The Hall–Kier alpha value is -0.940. The number of thioether (sulfide) groups is 2. The van der Waals surface area contributed by atoms with Gasteiger partial charge in [-0.15, -0.1) is 23.5 Å². The van der Waals surface area contributed by atoms with E-state index < -0.39 is 0 Å². The van der Waals surface area contributed by atoms with Crippen molar-refractivity contribution >= 4 is 23.5 Å². The van der Waals surface area contributed by atoms with Gasteiger partial charge in [0, 0.05) is 16.3 Å². The molecule has 0 aromatic heterocycles. The Bertz CT molecular complexity index is 686. The van der Waals surface area contributed by atoms with E-state index >= 15 is 0 Å². The monoisotopic (exact) mass is 357 g/mol. The maximum absolute atomic E-state index is 6.48. The van der Waals surface area contributed by atoms with Gasteiger partial charge >= 0.3 is 0 Å². The Morgan fingerprint density at radius 3 is 2.04 bits per heavy atom. The zero-order chi connectivity index (χ0) is 16.5. The number of benzene rings is 2. The first-order valence-corrected chi connectivity index (χ1v) is 10.9. The summed E-state index contributed by atoms with van der Waals surface area (Å²) >= 11 is 3.58. The molecule has 0 spiro atoms. The maximum Gasteiger partial charge on any atom is 0.112 e. The Labute approximate surface area is 153 Å². The summed E-state index contributed by atoms with van der Waals surface area (Å²) in [6, 6.07) is 18.3. The number of hydrogen-bond acceptors (Lipinski definition) is 4. The molecule has 2 aliphatic rings. The first-order valence-electron chi connectivity index (χ1n) is 8.49. The van der Waals surface area contributed by atoms with Crippen molar-refractivity contribution in [3.05, 3.63) is 59.7 Å². The highest BCUT2D eigenvalue weighted by atomic mass is 32.2. The fourth-order valence-corrected chi connectivity index (χ4v) is 4.68. The van der Waals surface area contributed by atoms with Gasteiger partial charge in [-0.05, 0) is 60.7 Å². The third-order valence-corrected chi connectivity index (χ3v) is 6.57. The normalized spacial score (nSPS) is 26.7. The summed E-state index contributed by atoms with van der Waals surface area (Å²) in [6.45, 7) is 1.14. The van der Waals surface area contributed by atoms with E-state index in [9.17, 15) is 0 Å². The molecular weight excluding hydrogens is 334 g/mol. The zero-order valence-electron chi connectivity index (χ0n) is 14.1. The number of hydrogen-bond donors (Lipinski definition) is 0. The molecule has 1 unspecified atom stereocenters. The van der Waals surface area contributed by atoms with Crippen LogP contribution in [0, 0.1) is 0 Å². The summed E-state index contributed by atoms with van der Waals surface area (Å²) in [7, 11) is 0. The van der Waals surface area contributed by atoms with Gasteiger partial charge in [0.15, 0.2) is 0 Å². The molecule has 0 saturated carbocycles. The third-order valence-electron chi connectivity index (χ3n) is 5.09. The second kappa shape index (κ2) is 7.12. The Morgan fingerprint density at radius 2 is 1.46 bits per heavy atom. The lowest BCUT2D eigenvalue weighted by molar-refractivity contribution is 0.0173. The van der Waals surface area contributed by atoms with E-state index in [2.05, 4.69) is 65.9 Å². The van der Waals surface area contributed by atoms with Crippen molar-refractivity contribution in [3.8, 4) is 0 Å². The van der Waals surface area contributed by atoms with Gasteiger partial charge in [-0.3, -0.25) is 4.90 Å². The van der Waals surface area contributed by atoms with Crippen LogP contribution in [0.3, 0.4) is 0 Å². The zero-order valence-corrected chi connectivity index (χ0v) is 15.8. The summed E-state index contributed by atoms with van der Waals surface area (Å²) in [5.74, 6) is 0. The quantitative estimate of drug-likeness (QED) is 0.682. The van der Waals surface area contributed by atoms with Crippen LogP contribution in [0.5, 0.6) is 0 Å². The summed E-state index contributed by atoms with van der Waals surface area (Å²) < 4.78 is 6.48. The van der Waals surface area contributed by atoms with E-state index in [1.165, 1.54) is 27.3 Å². The molecule has 2 nitrogen and oxygen atoms in total. The van der Waals surface area contributed by atoms with Crippen molar-refractivity contribution in [3.63, 3.8) is 0 Å². The fourth-order valence-electron chi connectivity index (χ4n) is 3.86. The lowest BCUT2D eigenvalue weighted by atomic mass is 9.95. The lowest BCUT2D eigenvalue weighted by Crippen LogP contribution is -2.26. The second-order valence-electron chi connectivity index (χ2n) is 6.38. The van der Waals surface area contributed by atoms with E-state index in [1.54, 1.807) is 23.5 Å². The van der Waals surface area contributed by atoms with Crippen molar-refractivity contribution < 1.29 is 4.74 Å². The van der Waals surface area contributed by atoms with Crippen molar-refractivity contribution in [1.29, 1.82) is 0 Å². The van der Waals surface area contributed by atoms with Gasteiger partial charge in [0.1, 0.15) is 12.3 Å². The van der Waals surface area contributed by atoms with Gasteiger partial charge < -0.3 is 4.74 Å². The molecule has 2 heterocycles. The van der Waals surface area contributed by atoms with Crippen molar-refractivity contribution in [1.82, 2.24) is 4.90 Å². The number of fused-ring (bicyclic) bond motifs is 1. The standard InChI is InChI=1S/C20H23NOS2/c1-23-16-9-5-14(6-10-16)19-20(22-18-4-3-13-21(18)19)15-7-11-17(24-2)12-8-15/h5-12,18-20H,3-4,13H2,1-2H3/t18?,19-,20-/m1/s1. The molecule has 2 aromatic rings. The van der Waals surface area contributed by atoms with E-state index in [1.807, 2.05) is 0 Å². The summed E-state index contributed by atoms with van der Waals surface area (Å²) in [5.41, 5.74) is 2.66. The molecule has 0 N–H and O–H groups in total. The van der Waals surface area contributed by atoms with Gasteiger partial charge in [-0.2, -0.15) is 0 Å². The molecule has 2 aliphatic heterocycles. The Balaban J connectivity index is 1.68. The van der Waals surface area contributed by atoms with Crippen LogP contribution < -0.4 is 0 Å². The van der Waals surface area contributed by atoms with Crippen molar-refractivity contribution in [2.75, 3.05) is 19.1 Å². The molecular formula is C20H23NOS2. The summed E-state index contributed by atoms with van der Waals surface area (Å²) in [5, 5.41) is 0. The average Bonchev–Trinajstić information content (AvgIpc) is 3.23. The molecule has 0 bridgehead atoms.